The van der Waals surface area contributed by atoms with Crippen molar-refractivity contribution in [3.63, 3.8) is 0 Å². The first-order valence-corrected chi connectivity index (χ1v) is 11.0. The van der Waals surface area contributed by atoms with Crippen molar-refractivity contribution in [3.05, 3.63) is 72.8 Å². The monoisotopic (exact) mass is 425 g/mol. The average Bonchev–Trinajstić information content (AvgIpc) is 2.81. The first-order chi connectivity index (χ1) is 15.6. The van der Waals surface area contributed by atoms with E-state index in [4.69, 9.17) is 16.5 Å². The molecule has 0 aromatic heterocycles. The molecule has 0 unspecified atom stereocenters. The van der Waals surface area contributed by atoms with Crippen LogP contribution in [0, 0.1) is 0 Å². The van der Waals surface area contributed by atoms with Gasteiger partial charge in [-0.3, -0.25) is 4.90 Å². The molecule has 6 heteroatoms. The lowest BCUT2D eigenvalue weighted by atomic mass is 9.86. The molecule has 0 atom stereocenters. The fourth-order valence-electron chi connectivity index (χ4n) is 4.92. The summed E-state index contributed by atoms with van der Waals surface area (Å²) in [5.74, 6) is 0.800. The molecule has 1 spiro atoms. The molecule has 6 nitrogen and oxygen atoms in total. The van der Waals surface area contributed by atoms with E-state index in [0.717, 1.165) is 53.6 Å². The molecule has 3 aromatic rings. The number of rotatable bonds is 3. The minimum Gasteiger partial charge on any atom is -0.507 e. The Labute approximate surface area is 187 Å². The van der Waals surface area contributed by atoms with Gasteiger partial charge in [0.05, 0.1) is 0 Å². The van der Waals surface area contributed by atoms with E-state index in [9.17, 15) is 5.11 Å². The summed E-state index contributed by atoms with van der Waals surface area (Å²) >= 11 is 0. The van der Waals surface area contributed by atoms with Crippen molar-refractivity contribution in [1.29, 1.82) is 0 Å². The number of anilines is 1. The lowest BCUT2D eigenvalue weighted by Crippen LogP contribution is -2.58. The van der Waals surface area contributed by atoms with Crippen LogP contribution in [0.3, 0.4) is 0 Å². The summed E-state index contributed by atoms with van der Waals surface area (Å²) in [4.78, 5) is 11.1. The molecule has 0 bridgehead atoms. The Kier molecular flexibility index (Phi) is 5.05. The molecule has 0 amide bonds. The van der Waals surface area contributed by atoms with Gasteiger partial charge in [-0.1, -0.05) is 67.1 Å². The molecule has 3 aromatic carbocycles. The number of benzene rings is 3. The quantitative estimate of drug-likeness (QED) is 0.559. The SMILES string of the molecule is NC1=NC2(CCCCC2)N(c2cc(-c3ccccc3)c(O)c(-c3ccccc3)c2)C(N)=N1. The molecule has 2 aliphatic rings. The van der Waals surface area contributed by atoms with E-state index in [1.54, 1.807) is 0 Å². The van der Waals surface area contributed by atoms with E-state index in [-0.39, 0.29) is 11.7 Å². The third-order valence-electron chi connectivity index (χ3n) is 6.37. The first-order valence-electron chi connectivity index (χ1n) is 11.0. The standard InChI is InChI=1S/C26H27N5O/c27-24-29-25(28)31(26(30-24)14-8-3-9-15-26)20-16-21(18-10-4-1-5-11-18)23(32)22(17-20)19-12-6-2-7-13-19/h1-2,4-7,10-13,16-17,32H,3,8-9,14-15H2,(H4,27,28,29,30). The van der Waals surface area contributed by atoms with Crippen LogP contribution in [-0.2, 0) is 0 Å². The number of hydrogen-bond donors (Lipinski definition) is 3. The molecule has 1 saturated carbocycles. The summed E-state index contributed by atoms with van der Waals surface area (Å²) in [6.45, 7) is 0. The number of phenols is 1. The molecule has 1 aliphatic heterocycles. The van der Waals surface area contributed by atoms with Crippen molar-refractivity contribution >= 4 is 17.6 Å². The normalized spacial score (nSPS) is 17.7. The maximum atomic E-state index is 11.3. The van der Waals surface area contributed by atoms with Gasteiger partial charge in [-0.05, 0) is 48.9 Å². The van der Waals surface area contributed by atoms with Gasteiger partial charge >= 0.3 is 0 Å². The van der Waals surface area contributed by atoms with Crippen LogP contribution in [0.5, 0.6) is 5.75 Å². The van der Waals surface area contributed by atoms with Gasteiger partial charge in [0.25, 0.3) is 0 Å². The lowest BCUT2D eigenvalue weighted by Gasteiger charge is -2.45. The van der Waals surface area contributed by atoms with Crippen molar-refractivity contribution in [2.75, 3.05) is 4.90 Å². The molecule has 0 radical (unpaired) electrons. The lowest BCUT2D eigenvalue weighted by molar-refractivity contribution is 0.305. The van der Waals surface area contributed by atoms with E-state index in [2.05, 4.69) is 4.99 Å². The molecule has 5 N–H and O–H groups in total. The van der Waals surface area contributed by atoms with E-state index >= 15 is 0 Å². The Hall–Kier alpha value is -3.80. The zero-order valence-corrected chi connectivity index (χ0v) is 17.9. The third-order valence-corrected chi connectivity index (χ3v) is 6.37. The number of guanidine groups is 2. The van der Waals surface area contributed by atoms with E-state index in [1.165, 1.54) is 6.42 Å². The number of phenolic OH excluding ortho intramolecular Hbond substituents is 1. The van der Waals surface area contributed by atoms with E-state index < -0.39 is 5.66 Å². The van der Waals surface area contributed by atoms with Crippen molar-refractivity contribution in [1.82, 2.24) is 0 Å². The van der Waals surface area contributed by atoms with Gasteiger partial charge in [-0.15, -0.1) is 0 Å². The third kappa shape index (κ3) is 3.47. The Morgan fingerprint density at radius 3 is 1.84 bits per heavy atom. The van der Waals surface area contributed by atoms with E-state index in [1.807, 2.05) is 77.7 Å². The van der Waals surface area contributed by atoms with Crippen LogP contribution in [0.1, 0.15) is 32.1 Å². The Morgan fingerprint density at radius 2 is 1.31 bits per heavy atom. The number of nitrogens with two attached hydrogens (primary N) is 2. The second-order valence-electron chi connectivity index (χ2n) is 8.44. The van der Waals surface area contributed by atoms with Gasteiger partial charge in [0.15, 0.2) is 0 Å². The van der Waals surface area contributed by atoms with Crippen LogP contribution in [-0.4, -0.2) is 22.7 Å². The summed E-state index contributed by atoms with van der Waals surface area (Å²) in [6, 6.07) is 23.7. The summed E-state index contributed by atoms with van der Waals surface area (Å²) in [5, 5.41) is 11.3. The van der Waals surface area contributed by atoms with Gasteiger partial charge in [0, 0.05) is 16.8 Å². The van der Waals surface area contributed by atoms with Gasteiger partial charge in [-0.2, -0.15) is 4.99 Å². The number of nitrogens with zero attached hydrogens (tertiary/aromatic N) is 3. The van der Waals surface area contributed by atoms with Crippen LogP contribution in [0.2, 0.25) is 0 Å². The van der Waals surface area contributed by atoms with Crippen molar-refractivity contribution in [3.8, 4) is 28.0 Å². The van der Waals surface area contributed by atoms with Crippen molar-refractivity contribution < 1.29 is 5.11 Å². The predicted molar refractivity (Wildman–Crippen MR) is 131 cm³/mol. The number of hydrogen-bond acceptors (Lipinski definition) is 6. The maximum absolute atomic E-state index is 11.3. The summed E-state index contributed by atoms with van der Waals surface area (Å²) in [7, 11) is 0. The van der Waals surface area contributed by atoms with Crippen LogP contribution in [0.15, 0.2) is 82.8 Å². The van der Waals surface area contributed by atoms with Gasteiger partial charge < -0.3 is 16.6 Å². The smallest absolute Gasteiger partial charge is 0.220 e. The minimum atomic E-state index is -0.549. The second-order valence-corrected chi connectivity index (χ2v) is 8.44. The maximum Gasteiger partial charge on any atom is 0.220 e. The predicted octanol–water partition coefficient (Wildman–Crippen LogP) is 4.84. The van der Waals surface area contributed by atoms with Crippen molar-refractivity contribution in [2.45, 2.75) is 37.8 Å². The highest BCUT2D eigenvalue weighted by molar-refractivity contribution is 6.06. The highest BCUT2D eigenvalue weighted by Gasteiger charge is 2.43. The Bertz CT molecular complexity index is 1120. The van der Waals surface area contributed by atoms with Crippen LogP contribution < -0.4 is 16.4 Å². The zero-order valence-electron chi connectivity index (χ0n) is 17.9. The fraction of sp³-hybridized carbons (Fsp3) is 0.231. The topological polar surface area (TPSA) is 100 Å². The highest BCUT2D eigenvalue weighted by Crippen LogP contribution is 2.45. The molecular formula is C26H27N5O. The molecule has 5 rings (SSSR count). The van der Waals surface area contributed by atoms with Gasteiger partial charge in [0.2, 0.25) is 11.9 Å². The minimum absolute atomic E-state index is 0.228. The van der Waals surface area contributed by atoms with Gasteiger partial charge in [0.1, 0.15) is 11.4 Å². The Balaban J connectivity index is 1.74. The molecule has 1 aliphatic carbocycles. The molecule has 162 valence electrons. The molecule has 32 heavy (non-hydrogen) atoms. The summed E-state index contributed by atoms with van der Waals surface area (Å²) < 4.78 is 0. The van der Waals surface area contributed by atoms with Crippen LogP contribution in [0.25, 0.3) is 22.3 Å². The number of aliphatic imine (C=N–C) groups is 2. The first kappa shape index (κ1) is 20.1. The van der Waals surface area contributed by atoms with E-state index in [0.29, 0.717) is 5.96 Å². The summed E-state index contributed by atoms with van der Waals surface area (Å²) in [6.07, 6.45) is 4.98. The number of aromatic hydroxyl groups is 1. The summed E-state index contributed by atoms with van der Waals surface area (Å²) in [5.41, 5.74) is 16.2. The second kappa shape index (κ2) is 8.04. The molecule has 1 fully saturated rings. The zero-order chi connectivity index (χ0) is 22.1. The largest absolute Gasteiger partial charge is 0.507 e. The molecular weight excluding hydrogens is 398 g/mol. The molecule has 0 saturated heterocycles. The van der Waals surface area contributed by atoms with Crippen molar-refractivity contribution in [2.24, 2.45) is 21.5 Å². The van der Waals surface area contributed by atoms with Crippen LogP contribution >= 0.6 is 0 Å². The fourth-order valence-corrected chi connectivity index (χ4v) is 4.92. The molecule has 1 heterocycles. The highest BCUT2D eigenvalue weighted by atomic mass is 16.3. The van der Waals surface area contributed by atoms with Gasteiger partial charge in [-0.25, -0.2) is 4.99 Å². The van der Waals surface area contributed by atoms with Crippen LogP contribution in [0.4, 0.5) is 5.69 Å². The Morgan fingerprint density at radius 1 is 0.781 bits per heavy atom. The average molecular weight is 426 g/mol.